The molecule has 2 nitrogen and oxygen atoms in total. The van der Waals surface area contributed by atoms with Crippen LogP contribution in [0.15, 0.2) is 24.3 Å². The Kier molecular flexibility index (Phi) is 5.71. The molecule has 1 atom stereocenters. The molecule has 0 heterocycles. The van der Waals surface area contributed by atoms with Crippen LogP contribution in [-0.2, 0) is 0 Å². The predicted octanol–water partition coefficient (Wildman–Crippen LogP) is 3.12. The van der Waals surface area contributed by atoms with Gasteiger partial charge in [-0.05, 0) is 29.4 Å². The zero-order valence-corrected chi connectivity index (χ0v) is 11.0. The van der Waals surface area contributed by atoms with Gasteiger partial charge < -0.3 is 9.84 Å². The summed E-state index contributed by atoms with van der Waals surface area (Å²) in [7, 11) is 1.64. The van der Waals surface area contributed by atoms with Gasteiger partial charge in [0, 0.05) is 5.75 Å². The first kappa shape index (κ1) is 13.4. The number of hydrogen-bond donors (Lipinski definition) is 1. The van der Waals surface area contributed by atoms with Crippen LogP contribution in [-0.4, -0.2) is 23.7 Å². The minimum Gasteiger partial charge on any atom is -0.497 e. The van der Waals surface area contributed by atoms with Crippen molar-refractivity contribution in [2.45, 2.75) is 20.0 Å². The summed E-state index contributed by atoms with van der Waals surface area (Å²) in [5.74, 6) is 3.34. The molecule has 0 saturated heterocycles. The number of ether oxygens (including phenoxy) is 1. The molecular formula is C13H20O2S. The molecule has 0 spiro atoms. The van der Waals surface area contributed by atoms with Gasteiger partial charge >= 0.3 is 0 Å². The van der Waals surface area contributed by atoms with Crippen molar-refractivity contribution in [3.05, 3.63) is 29.8 Å². The highest BCUT2D eigenvalue weighted by Gasteiger charge is 2.07. The fraction of sp³-hybridized carbons (Fsp3) is 0.538. The third kappa shape index (κ3) is 4.45. The van der Waals surface area contributed by atoms with Crippen LogP contribution in [0.5, 0.6) is 5.75 Å². The molecule has 0 amide bonds. The summed E-state index contributed by atoms with van der Waals surface area (Å²) in [5, 5.41) is 9.94. The summed E-state index contributed by atoms with van der Waals surface area (Å²) < 4.78 is 5.07. The molecule has 3 heteroatoms. The normalized spacial score (nSPS) is 12.8. The van der Waals surface area contributed by atoms with Crippen molar-refractivity contribution in [2.75, 3.05) is 18.6 Å². The molecule has 1 rings (SSSR count). The highest BCUT2D eigenvalue weighted by Crippen LogP contribution is 2.21. The largest absolute Gasteiger partial charge is 0.497 e. The molecule has 0 aliphatic rings. The summed E-state index contributed by atoms with van der Waals surface area (Å²) in [6, 6.07) is 7.59. The number of aliphatic hydroxyl groups is 1. The first-order valence-corrected chi connectivity index (χ1v) is 6.68. The standard InChI is InChI=1S/C13H20O2S/c1-10(2)8-16-9-13(14)11-4-6-12(15-3)7-5-11/h4-7,10,13-14H,8-9H2,1-3H3. The second-order valence-electron chi connectivity index (χ2n) is 4.22. The summed E-state index contributed by atoms with van der Waals surface area (Å²) in [6.45, 7) is 4.37. The first-order chi connectivity index (χ1) is 7.63. The van der Waals surface area contributed by atoms with E-state index in [4.69, 9.17) is 4.74 Å². The second-order valence-corrected chi connectivity index (χ2v) is 5.30. The molecule has 16 heavy (non-hydrogen) atoms. The number of hydrogen-bond acceptors (Lipinski definition) is 3. The SMILES string of the molecule is COc1ccc(C(O)CSCC(C)C)cc1. The maximum atomic E-state index is 9.94. The van der Waals surface area contributed by atoms with E-state index >= 15 is 0 Å². The van der Waals surface area contributed by atoms with Crippen LogP contribution in [0.3, 0.4) is 0 Å². The van der Waals surface area contributed by atoms with Crippen molar-refractivity contribution in [1.82, 2.24) is 0 Å². The molecule has 0 saturated carbocycles. The summed E-state index contributed by atoms with van der Waals surface area (Å²) in [5.41, 5.74) is 0.956. The number of thioether (sulfide) groups is 1. The van der Waals surface area contributed by atoms with Gasteiger partial charge in [-0.25, -0.2) is 0 Å². The van der Waals surface area contributed by atoms with Gasteiger partial charge in [0.1, 0.15) is 5.75 Å². The quantitative estimate of drug-likeness (QED) is 0.828. The minimum absolute atomic E-state index is 0.380. The molecule has 1 N–H and O–H groups in total. The highest BCUT2D eigenvalue weighted by molar-refractivity contribution is 7.99. The van der Waals surface area contributed by atoms with Crippen molar-refractivity contribution in [3.63, 3.8) is 0 Å². The van der Waals surface area contributed by atoms with Crippen molar-refractivity contribution in [1.29, 1.82) is 0 Å². The van der Waals surface area contributed by atoms with Crippen molar-refractivity contribution >= 4 is 11.8 Å². The van der Waals surface area contributed by atoms with Gasteiger partial charge in [-0.3, -0.25) is 0 Å². The first-order valence-electron chi connectivity index (χ1n) is 5.53. The Hall–Kier alpha value is -0.670. The van der Waals surface area contributed by atoms with Crippen LogP contribution >= 0.6 is 11.8 Å². The maximum absolute atomic E-state index is 9.94. The highest BCUT2D eigenvalue weighted by atomic mass is 32.2. The monoisotopic (exact) mass is 240 g/mol. The molecule has 0 aliphatic carbocycles. The molecule has 1 unspecified atom stereocenters. The molecule has 0 aromatic heterocycles. The molecule has 90 valence electrons. The van der Waals surface area contributed by atoms with E-state index < -0.39 is 0 Å². The average Bonchev–Trinajstić information content (AvgIpc) is 2.28. The Morgan fingerprint density at radius 2 is 1.81 bits per heavy atom. The fourth-order valence-corrected chi connectivity index (χ4v) is 2.36. The van der Waals surface area contributed by atoms with Crippen molar-refractivity contribution in [2.24, 2.45) is 5.92 Å². The summed E-state index contributed by atoms with van der Waals surface area (Å²) in [4.78, 5) is 0. The zero-order valence-electron chi connectivity index (χ0n) is 10.1. The summed E-state index contributed by atoms with van der Waals surface area (Å²) >= 11 is 1.79. The average molecular weight is 240 g/mol. The van der Waals surface area contributed by atoms with Gasteiger partial charge in [0.2, 0.25) is 0 Å². The minimum atomic E-state index is -0.380. The van der Waals surface area contributed by atoms with Gasteiger partial charge in [0.25, 0.3) is 0 Å². The van der Waals surface area contributed by atoms with Gasteiger partial charge in [-0.2, -0.15) is 11.8 Å². The molecular weight excluding hydrogens is 220 g/mol. The molecule has 0 bridgehead atoms. The van der Waals surface area contributed by atoms with Gasteiger partial charge in [-0.15, -0.1) is 0 Å². The van der Waals surface area contributed by atoms with Gasteiger partial charge in [0.15, 0.2) is 0 Å². The predicted molar refractivity (Wildman–Crippen MR) is 70.1 cm³/mol. The van der Waals surface area contributed by atoms with E-state index in [-0.39, 0.29) is 6.10 Å². The van der Waals surface area contributed by atoms with E-state index in [0.29, 0.717) is 5.92 Å². The van der Waals surface area contributed by atoms with Crippen LogP contribution in [0.1, 0.15) is 25.5 Å². The Morgan fingerprint density at radius 3 is 2.31 bits per heavy atom. The molecule has 1 aromatic rings. The maximum Gasteiger partial charge on any atom is 0.118 e. The number of methoxy groups -OCH3 is 1. The lowest BCUT2D eigenvalue weighted by Gasteiger charge is -2.12. The fourth-order valence-electron chi connectivity index (χ4n) is 1.34. The number of benzene rings is 1. The second kappa shape index (κ2) is 6.81. The zero-order chi connectivity index (χ0) is 12.0. The topological polar surface area (TPSA) is 29.5 Å². The lowest BCUT2D eigenvalue weighted by molar-refractivity contribution is 0.204. The third-order valence-electron chi connectivity index (χ3n) is 2.23. The third-order valence-corrected chi connectivity index (χ3v) is 3.68. The van der Waals surface area contributed by atoms with E-state index in [1.54, 1.807) is 18.9 Å². The van der Waals surface area contributed by atoms with Crippen molar-refractivity contribution in [3.8, 4) is 5.75 Å². The Labute approximate surface area is 102 Å². The van der Waals surface area contributed by atoms with Gasteiger partial charge in [0.05, 0.1) is 13.2 Å². The molecule has 0 aliphatic heterocycles. The van der Waals surface area contributed by atoms with E-state index in [1.165, 1.54) is 0 Å². The van der Waals surface area contributed by atoms with E-state index in [1.807, 2.05) is 24.3 Å². The van der Waals surface area contributed by atoms with E-state index in [9.17, 15) is 5.11 Å². The van der Waals surface area contributed by atoms with Crippen LogP contribution in [0.2, 0.25) is 0 Å². The van der Waals surface area contributed by atoms with Crippen LogP contribution < -0.4 is 4.74 Å². The Balaban J connectivity index is 2.43. The molecule has 0 radical (unpaired) electrons. The Morgan fingerprint density at radius 1 is 1.19 bits per heavy atom. The van der Waals surface area contributed by atoms with Crippen LogP contribution in [0, 0.1) is 5.92 Å². The van der Waals surface area contributed by atoms with Gasteiger partial charge in [-0.1, -0.05) is 26.0 Å². The molecule has 0 fully saturated rings. The van der Waals surface area contributed by atoms with Crippen molar-refractivity contribution < 1.29 is 9.84 Å². The van der Waals surface area contributed by atoms with E-state index in [2.05, 4.69) is 13.8 Å². The van der Waals surface area contributed by atoms with E-state index in [0.717, 1.165) is 22.8 Å². The van der Waals surface area contributed by atoms with Crippen LogP contribution in [0.4, 0.5) is 0 Å². The number of aliphatic hydroxyl groups excluding tert-OH is 1. The molecule has 1 aromatic carbocycles. The number of rotatable bonds is 6. The van der Waals surface area contributed by atoms with Crippen LogP contribution in [0.25, 0.3) is 0 Å². The summed E-state index contributed by atoms with van der Waals surface area (Å²) in [6.07, 6.45) is -0.380. The lowest BCUT2D eigenvalue weighted by Crippen LogP contribution is -2.02. The smallest absolute Gasteiger partial charge is 0.118 e. The lowest BCUT2D eigenvalue weighted by atomic mass is 10.1. The Bertz CT molecular complexity index is 295.